The van der Waals surface area contributed by atoms with E-state index >= 15 is 0 Å². The van der Waals surface area contributed by atoms with Gasteiger partial charge in [0, 0.05) is 18.2 Å². The molecule has 1 fully saturated rings. The number of ether oxygens (including phenoxy) is 1. The molecule has 0 aliphatic carbocycles. The van der Waals surface area contributed by atoms with Gasteiger partial charge < -0.3 is 4.74 Å². The molecule has 0 radical (unpaired) electrons. The third kappa shape index (κ3) is 5.36. The zero-order chi connectivity index (χ0) is 23.5. The summed E-state index contributed by atoms with van der Waals surface area (Å²) in [6.45, 7) is 1.54. The van der Waals surface area contributed by atoms with Crippen LogP contribution in [0.15, 0.2) is 53.4 Å². The number of esters is 1. The Morgan fingerprint density at radius 3 is 2.38 bits per heavy atom. The second-order valence-corrected chi connectivity index (χ2v) is 9.45. The maximum absolute atomic E-state index is 12.8. The number of rotatable bonds is 6. The van der Waals surface area contributed by atoms with E-state index in [0.29, 0.717) is 12.6 Å². The first-order chi connectivity index (χ1) is 15.0. The second kappa shape index (κ2) is 9.41. The summed E-state index contributed by atoms with van der Waals surface area (Å²) in [5.41, 5.74) is -1.19. The Balaban J connectivity index is 1.65. The molecule has 1 unspecified atom stereocenters. The highest BCUT2D eigenvalue weighted by Gasteiger charge is 2.32. The fourth-order valence-corrected chi connectivity index (χ4v) is 5.19. The van der Waals surface area contributed by atoms with Crippen molar-refractivity contribution in [2.75, 3.05) is 13.2 Å². The molecule has 0 bridgehead atoms. The molecular weight excluding hydrogens is 447 g/mol. The number of ketones is 1. The summed E-state index contributed by atoms with van der Waals surface area (Å²) in [4.78, 5) is 24.4. The number of sulfonamides is 1. The van der Waals surface area contributed by atoms with Crippen LogP contribution in [0.25, 0.3) is 0 Å². The predicted molar refractivity (Wildman–Crippen MR) is 110 cm³/mol. The number of hydrogen-bond donors (Lipinski definition) is 0. The first-order valence-corrected chi connectivity index (χ1v) is 11.4. The van der Waals surface area contributed by atoms with Crippen molar-refractivity contribution in [2.45, 2.75) is 43.3 Å². The van der Waals surface area contributed by atoms with E-state index in [0.717, 1.165) is 31.4 Å². The van der Waals surface area contributed by atoms with Gasteiger partial charge in [-0.25, -0.2) is 13.2 Å². The molecule has 0 aromatic heterocycles. The SMILES string of the molecule is CC1CCCCN1S(=O)(=O)c1ccc(C(=O)OCC(=O)c2cccc(C(F)(F)F)c2)cc1. The Hall–Kier alpha value is -2.72. The van der Waals surface area contributed by atoms with Crippen LogP contribution in [-0.2, 0) is 20.9 Å². The van der Waals surface area contributed by atoms with Gasteiger partial charge in [-0.1, -0.05) is 18.6 Å². The highest BCUT2D eigenvalue weighted by atomic mass is 32.2. The summed E-state index contributed by atoms with van der Waals surface area (Å²) < 4.78 is 70.4. The summed E-state index contributed by atoms with van der Waals surface area (Å²) in [5, 5.41) is 0. The largest absolute Gasteiger partial charge is 0.454 e. The summed E-state index contributed by atoms with van der Waals surface area (Å²) in [6, 6.07) is 8.86. The first-order valence-electron chi connectivity index (χ1n) is 9.99. The molecule has 2 aromatic carbocycles. The van der Waals surface area contributed by atoms with Gasteiger partial charge in [0.25, 0.3) is 0 Å². The number of carbonyl (C=O) groups excluding carboxylic acids is 2. The molecular formula is C22H22F3NO5S. The monoisotopic (exact) mass is 469 g/mol. The zero-order valence-electron chi connectivity index (χ0n) is 17.3. The molecule has 1 heterocycles. The topological polar surface area (TPSA) is 80.8 Å². The number of carbonyl (C=O) groups is 2. The summed E-state index contributed by atoms with van der Waals surface area (Å²) >= 11 is 0. The fraction of sp³-hybridized carbons (Fsp3) is 0.364. The van der Waals surface area contributed by atoms with Gasteiger partial charge in [-0.3, -0.25) is 4.79 Å². The van der Waals surface area contributed by atoms with Crippen molar-refractivity contribution in [1.29, 1.82) is 0 Å². The third-order valence-electron chi connectivity index (χ3n) is 5.28. The van der Waals surface area contributed by atoms with E-state index in [1.165, 1.54) is 34.6 Å². The fourth-order valence-electron chi connectivity index (χ4n) is 3.49. The van der Waals surface area contributed by atoms with Gasteiger partial charge in [-0.2, -0.15) is 17.5 Å². The maximum atomic E-state index is 12.8. The Morgan fingerprint density at radius 1 is 1.06 bits per heavy atom. The third-order valence-corrected chi connectivity index (χ3v) is 7.31. The molecule has 1 aliphatic heterocycles. The van der Waals surface area contributed by atoms with Crippen LogP contribution in [0.4, 0.5) is 13.2 Å². The number of Topliss-reactive ketones (excluding diaryl/α,β-unsaturated/α-hetero) is 1. The molecule has 172 valence electrons. The lowest BCUT2D eigenvalue weighted by molar-refractivity contribution is -0.137. The number of nitrogens with zero attached hydrogens (tertiary/aromatic N) is 1. The number of piperidine rings is 1. The van der Waals surface area contributed by atoms with Crippen molar-refractivity contribution in [3.63, 3.8) is 0 Å². The van der Waals surface area contributed by atoms with Gasteiger partial charge in [-0.05, 0) is 56.2 Å². The van der Waals surface area contributed by atoms with E-state index in [1.54, 1.807) is 0 Å². The van der Waals surface area contributed by atoms with Crippen molar-refractivity contribution in [2.24, 2.45) is 0 Å². The van der Waals surface area contributed by atoms with E-state index in [2.05, 4.69) is 0 Å². The molecule has 3 rings (SSSR count). The molecule has 1 aliphatic rings. The molecule has 2 aromatic rings. The van der Waals surface area contributed by atoms with Crippen LogP contribution in [0.2, 0.25) is 0 Å². The normalized spacial score (nSPS) is 17.7. The van der Waals surface area contributed by atoms with Crippen LogP contribution in [0.3, 0.4) is 0 Å². The molecule has 0 spiro atoms. The molecule has 1 saturated heterocycles. The summed E-state index contributed by atoms with van der Waals surface area (Å²) in [6.07, 6.45) is -2.06. The molecule has 32 heavy (non-hydrogen) atoms. The number of benzene rings is 2. The van der Waals surface area contributed by atoms with Crippen molar-refractivity contribution in [3.8, 4) is 0 Å². The minimum Gasteiger partial charge on any atom is -0.454 e. The molecule has 0 amide bonds. The van der Waals surface area contributed by atoms with Crippen molar-refractivity contribution in [3.05, 3.63) is 65.2 Å². The Labute approximate surface area is 184 Å². The quantitative estimate of drug-likeness (QED) is 0.465. The van der Waals surface area contributed by atoms with Crippen LogP contribution < -0.4 is 0 Å². The molecule has 1 atom stereocenters. The van der Waals surface area contributed by atoms with Crippen molar-refractivity contribution < 1.29 is 35.9 Å². The lowest BCUT2D eigenvalue weighted by Crippen LogP contribution is -2.41. The number of alkyl halides is 3. The lowest BCUT2D eigenvalue weighted by atomic mass is 10.1. The standard InChI is InChI=1S/C22H22F3NO5S/c1-15-5-2-3-12-26(15)32(29,30)19-10-8-16(9-11-19)21(28)31-14-20(27)17-6-4-7-18(13-17)22(23,24)25/h4,6-11,13,15H,2-3,5,12,14H2,1H3. The zero-order valence-corrected chi connectivity index (χ0v) is 18.1. The van der Waals surface area contributed by atoms with Crippen LogP contribution in [0.5, 0.6) is 0 Å². The Morgan fingerprint density at radius 2 is 1.75 bits per heavy atom. The lowest BCUT2D eigenvalue weighted by Gasteiger charge is -2.32. The summed E-state index contributed by atoms with van der Waals surface area (Å²) in [7, 11) is -3.70. The predicted octanol–water partition coefficient (Wildman–Crippen LogP) is 4.31. The van der Waals surface area contributed by atoms with Crippen LogP contribution in [0.1, 0.15) is 52.5 Å². The molecule has 0 N–H and O–H groups in total. The van der Waals surface area contributed by atoms with Gasteiger partial charge in [0.05, 0.1) is 16.0 Å². The molecule has 0 saturated carbocycles. The van der Waals surface area contributed by atoms with Gasteiger partial charge in [0.1, 0.15) is 0 Å². The van der Waals surface area contributed by atoms with Crippen LogP contribution in [0, 0.1) is 0 Å². The highest BCUT2D eigenvalue weighted by molar-refractivity contribution is 7.89. The van der Waals surface area contributed by atoms with Gasteiger partial charge >= 0.3 is 12.1 Å². The van der Waals surface area contributed by atoms with E-state index < -0.39 is 40.1 Å². The maximum Gasteiger partial charge on any atom is 0.416 e. The molecule has 6 nitrogen and oxygen atoms in total. The highest BCUT2D eigenvalue weighted by Crippen LogP contribution is 2.29. The average Bonchev–Trinajstić information content (AvgIpc) is 2.77. The van der Waals surface area contributed by atoms with E-state index in [9.17, 15) is 31.2 Å². The Bertz CT molecular complexity index is 1100. The van der Waals surface area contributed by atoms with Crippen LogP contribution in [-0.4, -0.2) is 43.7 Å². The second-order valence-electron chi connectivity index (χ2n) is 7.56. The van der Waals surface area contributed by atoms with E-state index in [4.69, 9.17) is 4.74 Å². The molecule has 10 heteroatoms. The summed E-state index contributed by atoms with van der Waals surface area (Å²) in [5.74, 6) is -1.68. The number of halogens is 3. The van der Waals surface area contributed by atoms with E-state index in [-0.39, 0.29) is 22.1 Å². The minimum atomic E-state index is -4.60. The average molecular weight is 469 g/mol. The van der Waals surface area contributed by atoms with Crippen molar-refractivity contribution >= 4 is 21.8 Å². The first kappa shape index (κ1) is 23.9. The van der Waals surface area contributed by atoms with Gasteiger partial charge in [-0.15, -0.1) is 0 Å². The van der Waals surface area contributed by atoms with Crippen LogP contribution >= 0.6 is 0 Å². The van der Waals surface area contributed by atoms with Gasteiger partial charge in [0.15, 0.2) is 12.4 Å². The van der Waals surface area contributed by atoms with Crippen molar-refractivity contribution in [1.82, 2.24) is 4.31 Å². The van der Waals surface area contributed by atoms with E-state index in [1.807, 2.05) is 6.92 Å². The van der Waals surface area contributed by atoms with Gasteiger partial charge in [0.2, 0.25) is 10.0 Å². The number of hydrogen-bond acceptors (Lipinski definition) is 5. The smallest absolute Gasteiger partial charge is 0.416 e. The minimum absolute atomic E-state index is 0.0208. The Kier molecular flexibility index (Phi) is 7.04.